The lowest BCUT2D eigenvalue weighted by atomic mass is 9.85. The lowest BCUT2D eigenvalue weighted by molar-refractivity contribution is 0.181. The Morgan fingerprint density at radius 2 is 1.89 bits per heavy atom. The molecule has 1 heterocycles. The quantitative estimate of drug-likeness (QED) is 0.652. The highest BCUT2D eigenvalue weighted by Crippen LogP contribution is 2.41. The zero-order chi connectivity index (χ0) is 19.8. The first kappa shape index (κ1) is 18.5. The van der Waals surface area contributed by atoms with Gasteiger partial charge in [-0.05, 0) is 49.6 Å². The van der Waals surface area contributed by atoms with Crippen LogP contribution in [0.25, 0.3) is 0 Å². The number of allylic oxidation sites excluding steroid dienone is 6. The first-order valence-electron chi connectivity index (χ1n) is 9.57. The Hall–Kier alpha value is -2.87. The van der Waals surface area contributed by atoms with Crippen molar-refractivity contribution in [2.45, 2.75) is 38.3 Å². The molecular formula is C23H22F2N2O. The van der Waals surface area contributed by atoms with Gasteiger partial charge in [-0.15, -0.1) is 0 Å². The summed E-state index contributed by atoms with van der Waals surface area (Å²) in [6, 6.07) is 3.85. The highest BCUT2D eigenvalue weighted by molar-refractivity contribution is 5.80. The van der Waals surface area contributed by atoms with E-state index in [-0.39, 0.29) is 23.6 Å². The Labute approximate surface area is 164 Å². The van der Waals surface area contributed by atoms with Crippen molar-refractivity contribution in [3.05, 3.63) is 71.0 Å². The molecular weight excluding hydrogens is 358 g/mol. The van der Waals surface area contributed by atoms with Gasteiger partial charge in [-0.3, -0.25) is 4.90 Å². The first-order valence-corrected chi connectivity index (χ1v) is 9.57. The molecule has 1 aliphatic heterocycles. The van der Waals surface area contributed by atoms with E-state index < -0.39 is 11.6 Å². The van der Waals surface area contributed by atoms with Crippen molar-refractivity contribution < 1.29 is 13.6 Å². The zero-order valence-corrected chi connectivity index (χ0v) is 16.0. The molecule has 0 aromatic heterocycles. The van der Waals surface area contributed by atoms with Gasteiger partial charge in [0.15, 0.2) is 0 Å². The Bertz CT molecular complexity index is 967. The Morgan fingerprint density at radius 3 is 2.61 bits per heavy atom. The fourth-order valence-electron chi connectivity index (χ4n) is 4.02. The summed E-state index contributed by atoms with van der Waals surface area (Å²) in [5.41, 5.74) is 1.71. The molecule has 1 aromatic rings. The van der Waals surface area contributed by atoms with Crippen LogP contribution in [-0.4, -0.2) is 35.0 Å². The summed E-state index contributed by atoms with van der Waals surface area (Å²) in [5, 5.41) is 0. The number of carbonyl (C=O) groups is 1. The SMILES string of the molecule is CC1C/C=C/C(C#Cc2cc(F)ccc2F)=C\C=C/1N1C(=O)N(C)[C@H]2CC[C@H]21. The Balaban J connectivity index is 1.65. The zero-order valence-electron chi connectivity index (χ0n) is 16.0. The normalized spacial score (nSPS) is 31.3. The number of hydrogen-bond acceptors (Lipinski definition) is 1. The number of fused-ring (bicyclic) bond motifs is 1. The molecule has 3 nitrogen and oxygen atoms in total. The molecule has 1 aromatic carbocycles. The van der Waals surface area contributed by atoms with Crippen LogP contribution >= 0.6 is 0 Å². The topological polar surface area (TPSA) is 23.6 Å². The van der Waals surface area contributed by atoms with E-state index in [0.29, 0.717) is 11.6 Å². The van der Waals surface area contributed by atoms with Crippen molar-refractivity contribution in [2.24, 2.45) is 5.92 Å². The van der Waals surface area contributed by atoms with Crippen LogP contribution in [0.2, 0.25) is 0 Å². The lowest BCUT2D eigenvalue weighted by Crippen LogP contribution is -2.45. The molecule has 1 unspecified atom stereocenters. The molecule has 0 N–H and O–H groups in total. The van der Waals surface area contributed by atoms with Crippen LogP contribution in [0.1, 0.15) is 31.7 Å². The van der Waals surface area contributed by atoms with Crippen molar-refractivity contribution in [1.29, 1.82) is 0 Å². The number of carbonyl (C=O) groups excluding carboxylic acids is 1. The minimum atomic E-state index is -0.545. The number of benzene rings is 1. The van der Waals surface area contributed by atoms with Gasteiger partial charge in [0, 0.05) is 24.2 Å². The van der Waals surface area contributed by atoms with Crippen molar-refractivity contribution in [3.8, 4) is 11.8 Å². The maximum Gasteiger partial charge on any atom is 0.324 e. The predicted octanol–water partition coefficient (Wildman–Crippen LogP) is 4.62. The van der Waals surface area contributed by atoms with Gasteiger partial charge in [0.2, 0.25) is 0 Å². The van der Waals surface area contributed by atoms with Crippen LogP contribution in [0.3, 0.4) is 0 Å². The molecule has 0 radical (unpaired) electrons. The van der Waals surface area contributed by atoms with E-state index in [2.05, 4.69) is 18.8 Å². The standard InChI is InChI=1S/C23H22F2N2O/c1-15-4-3-5-16(6-8-17-14-18(24)9-10-19(17)25)7-11-20(15)27-22-13-12-21(22)26(2)23(27)28/h3,5,7,9-11,14-15,21-22H,4,12-13H2,1-2H3/b5-3+,16-7+,20-11+/t15?,21-,22+/m0/s1. The smallest absolute Gasteiger partial charge is 0.322 e. The molecule has 1 saturated heterocycles. The van der Waals surface area contributed by atoms with Crippen LogP contribution in [0.4, 0.5) is 13.6 Å². The van der Waals surface area contributed by atoms with Crippen molar-refractivity contribution >= 4 is 6.03 Å². The molecule has 3 atom stereocenters. The number of nitrogens with zero attached hydrogens (tertiary/aromatic N) is 2. The largest absolute Gasteiger partial charge is 0.324 e. The van der Waals surface area contributed by atoms with Crippen molar-refractivity contribution in [3.63, 3.8) is 0 Å². The summed E-state index contributed by atoms with van der Waals surface area (Å²) in [6.07, 6.45) is 10.6. The van der Waals surface area contributed by atoms with Gasteiger partial charge >= 0.3 is 6.03 Å². The van der Waals surface area contributed by atoms with Gasteiger partial charge in [0.05, 0.1) is 17.6 Å². The number of amides is 2. The third kappa shape index (κ3) is 3.24. The summed E-state index contributed by atoms with van der Waals surface area (Å²) < 4.78 is 27.1. The minimum absolute atomic E-state index is 0.0302. The molecule has 28 heavy (non-hydrogen) atoms. The molecule has 4 rings (SSSR count). The van der Waals surface area contributed by atoms with Gasteiger partial charge in [-0.1, -0.05) is 30.9 Å². The molecule has 3 aliphatic rings. The van der Waals surface area contributed by atoms with E-state index in [1.165, 1.54) is 0 Å². The molecule has 2 fully saturated rings. The van der Waals surface area contributed by atoms with Crippen LogP contribution in [0.5, 0.6) is 0 Å². The number of likely N-dealkylation sites (N-methyl/N-ethyl adjacent to an activating group) is 1. The van der Waals surface area contributed by atoms with E-state index in [1.54, 1.807) is 0 Å². The Morgan fingerprint density at radius 1 is 1.11 bits per heavy atom. The van der Waals surface area contributed by atoms with Crippen LogP contribution < -0.4 is 0 Å². The summed E-state index contributed by atoms with van der Waals surface area (Å²) in [6.45, 7) is 2.11. The average Bonchev–Trinajstić information content (AvgIpc) is 2.79. The molecule has 144 valence electrons. The highest BCUT2D eigenvalue weighted by Gasteiger charge is 2.50. The maximum atomic E-state index is 13.8. The Kier molecular flexibility index (Phi) is 4.80. The molecule has 0 spiro atoms. The van der Waals surface area contributed by atoms with E-state index in [0.717, 1.165) is 43.2 Å². The summed E-state index contributed by atoms with van der Waals surface area (Å²) in [7, 11) is 1.87. The third-order valence-electron chi connectivity index (χ3n) is 5.81. The second-order valence-electron chi connectivity index (χ2n) is 7.60. The number of rotatable bonds is 1. The van der Waals surface area contributed by atoms with E-state index in [4.69, 9.17) is 0 Å². The predicted molar refractivity (Wildman–Crippen MR) is 104 cm³/mol. The number of urea groups is 1. The van der Waals surface area contributed by atoms with E-state index >= 15 is 0 Å². The second-order valence-corrected chi connectivity index (χ2v) is 7.60. The number of halogens is 2. The second kappa shape index (κ2) is 7.27. The summed E-state index contributed by atoms with van der Waals surface area (Å²) in [4.78, 5) is 16.5. The first-order chi connectivity index (χ1) is 13.5. The minimum Gasteiger partial charge on any atom is -0.322 e. The summed E-state index contributed by atoms with van der Waals surface area (Å²) in [5.74, 6) is 4.76. The molecule has 2 amide bonds. The molecule has 1 saturated carbocycles. The van der Waals surface area contributed by atoms with Crippen LogP contribution in [0.15, 0.2) is 53.8 Å². The molecule has 5 heteroatoms. The van der Waals surface area contributed by atoms with Gasteiger partial charge in [-0.25, -0.2) is 13.6 Å². The fourth-order valence-corrected chi connectivity index (χ4v) is 4.02. The highest BCUT2D eigenvalue weighted by atomic mass is 19.1. The maximum absolute atomic E-state index is 13.8. The average molecular weight is 380 g/mol. The molecule has 0 bridgehead atoms. The fraction of sp³-hybridized carbons (Fsp3) is 0.348. The van der Waals surface area contributed by atoms with Crippen molar-refractivity contribution in [1.82, 2.24) is 9.80 Å². The molecule has 2 aliphatic carbocycles. The summed E-state index contributed by atoms with van der Waals surface area (Å²) >= 11 is 0. The van der Waals surface area contributed by atoms with Crippen LogP contribution in [0, 0.1) is 29.4 Å². The van der Waals surface area contributed by atoms with E-state index in [1.807, 2.05) is 41.2 Å². The van der Waals surface area contributed by atoms with Gasteiger partial charge in [-0.2, -0.15) is 0 Å². The van der Waals surface area contributed by atoms with Gasteiger partial charge < -0.3 is 4.90 Å². The van der Waals surface area contributed by atoms with Crippen molar-refractivity contribution in [2.75, 3.05) is 7.05 Å². The third-order valence-corrected chi connectivity index (χ3v) is 5.81. The monoisotopic (exact) mass is 380 g/mol. The number of hydrogen-bond donors (Lipinski definition) is 0. The lowest BCUT2D eigenvalue weighted by Gasteiger charge is -2.37. The van der Waals surface area contributed by atoms with E-state index in [9.17, 15) is 13.6 Å². The van der Waals surface area contributed by atoms with Crippen LogP contribution in [-0.2, 0) is 0 Å². The van der Waals surface area contributed by atoms with Gasteiger partial charge in [0.1, 0.15) is 11.6 Å². The van der Waals surface area contributed by atoms with Gasteiger partial charge in [0.25, 0.3) is 0 Å².